The zero-order valence-corrected chi connectivity index (χ0v) is 15.1. The van der Waals surface area contributed by atoms with Crippen LogP contribution in [0.3, 0.4) is 0 Å². The molecule has 0 spiro atoms. The summed E-state index contributed by atoms with van der Waals surface area (Å²) in [4.78, 5) is 12.3. The molecule has 3 unspecified atom stereocenters. The first-order valence-corrected chi connectivity index (χ1v) is 9.75. The van der Waals surface area contributed by atoms with Crippen molar-refractivity contribution in [3.63, 3.8) is 0 Å². The normalized spacial score (nSPS) is 28.1. The number of hydrogen-bond donors (Lipinski definition) is 0. The minimum Gasteiger partial charge on any atom is -0.461 e. The average molecular weight is 337 g/mol. The van der Waals surface area contributed by atoms with Gasteiger partial charge in [-0.3, -0.25) is 4.79 Å². The predicted octanol–water partition coefficient (Wildman–Crippen LogP) is 3.71. The monoisotopic (exact) mass is 337 g/mol. The maximum absolute atomic E-state index is 12.3. The molecule has 1 aromatic heterocycles. The molecule has 2 aliphatic rings. The number of hydrogen-bond acceptors (Lipinski definition) is 5. The first-order valence-electron chi connectivity index (χ1n) is 8.76. The van der Waals surface area contributed by atoms with Crippen LogP contribution in [0.4, 0.5) is 0 Å². The van der Waals surface area contributed by atoms with Crippen LogP contribution in [0.5, 0.6) is 0 Å². The Bertz CT molecular complexity index is 542. The topological polar surface area (TPSA) is 57.0 Å². The smallest absolute Gasteiger partial charge is 0.316 e. The van der Waals surface area contributed by atoms with Gasteiger partial charge in [-0.25, -0.2) is 0 Å². The summed E-state index contributed by atoms with van der Waals surface area (Å²) < 4.78 is 7.91. The van der Waals surface area contributed by atoms with Gasteiger partial charge >= 0.3 is 5.97 Å². The van der Waals surface area contributed by atoms with Crippen LogP contribution in [0.2, 0.25) is 0 Å². The third-order valence-corrected chi connectivity index (χ3v) is 5.97. The maximum atomic E-state index is 12.3. The maximum Gasteiger partial charge on any atom is 0.316 e. The molecule has 0 aliphatic heterocycles. The van der Waals surface area contributed by atoms with Crippen LogP contribution in [0.25, 0.3) is 0 Å². The largest absolute Gasteiger partial charge is 0.461 e. The van der Waals surface area contributed by atoms with E-state index >= 15 is 0 Å². The molecule has 0 N–H and O–H groups in total. The fourth-order valence-corrected chi connectivity index (χ4v) is 4.28. The molecule has 0 aromatic carbocycles. The Morgan fingerprint density at radius 2 is 2.17 bits per heavy atom. The van der Waals surface area contributed by atoms with Gasteiger partial charge in [0.15, 0.2) is 5.16 Å². The summed E-state index contributed by atoms with van der Waals surface area (Å²) in [5, 5.41) is 8.92. The lowest BCUT2D eigenvalue weighted by atomic mass is 9.75. The van der Waals surface area contributed by atoms with Gasteiger partial charge in [-0.2, -0.15) is 0 Å². The van der Waals surface area contributed by atoms with Crippen LogP contribution in [-0.4, -0.2) is 32.6 Å². The molecule has 2 aliphatic carbocycles. The van der Waals surface area contributed by atoms with Crippen LogP contribution >= 0.6 is 11.8 Å². The molecule has 0 amide bonds. The van der Waals surface area contributed by atoms with E-state index in [4.69, 9.17) is 4.74 Å². The first kappa shape index (κ1) is 16.8. The molecule has 6 heteroatoms. The van der Waals surface area contributed by atoms with E-state index in [1.54, 1.807) is 6.33 Å². The van der Waals surface area contributed by atoms with E-state index in [1.165, 1.54) is 37.4 Å². The second-order valence-electron chi connectivity index (χ2n) is 7.40. The number of rotatable bonds is 6. The molecule has 0 saturated heterocycles. The van der Waals surface area contributed by atoms with Crippen molar-refractivity contribution in [2.24, 2.45) is 17.8 Å². The Hall–Kier alpha value is -1.04. The predicted molar refractivity (Wildman–Crippen MR) is 90.2 cm³/mol. The Morgan fingerprint density at radius 3 is 2.87 bits per heavy atom. The van der Waals surface area contributed by atoms with Crippen molar-refractivity contribution in [1.82, 2.24) is 14.8 Å². The van der Waals surface area contributed by atoms with E-state index in [-0.39, 0.29) is 12.1 Å². The van der Waals surface area contributed by atoms with Gasteiger partial charge < -0.3 is 9.30 Å². The van der Waals surface area contributed by atoms with Crippen LogP contribution in [-0.2, 0) is 9.53 Å². The molecule has 0 bridgehead atoms. The van der Waals surface area contributed by atoms with E-state index < -0.39 is 0 Å². The minimum absolute atomic E-state index is 0.0770. The molecule has 1 aromatic rings. The minimum atomic E-state index is -0.120. The Kier molecular flexibility index (Phi) is 5.29. The van der Waals surface area contributed by atoms with Crippen LogP contribution < -0.4 is 0 Å². The third kappa shape index (κ3) is 4.28. The number of esters is 1. The Labute approximate surface area is 142 Å². The quantitative estimate of drug-likeness (QED) is 0.585. The van der Waals surface area contributed by atoms with Crippen molar-refractivity contribution in [3.8, 4) is 0 Å². The number of aromatic nitrogens is 3. The summed E-state index contributed by atoms with van der Waals surface area (Å²) >= 11 is 1.44. The van der Waals surface area contributed by atoms with Gasteiger partial charge in [-0.15, -0.1) is 10.2 Å². The van der Waals surface area contributed by atoms with Crippen molar-refractivity contribution in [2.75, 3.05) is 5.75 Å². The number of nitrogens with zero attached hydrogens (tertiary/aromatic N) is 3. The molecule has 3 rings (SSSR count). The molecular weight excluding hydrogens is 310 g/mol. The summed E-state index contributed by atoms with van der Waals surface area (Å²) in [6.45, 7) is 6.72. The fraction of sp³-hybridized carbons (Fsp3) is 0.824. The summed E-state index contributed by atoms with van der Waals surface area (Å²) in [5.41, 5.74) is 0. The molecule has 128 valence electrons. The summed E-state index contributed by atoms with van der Waals surface area (Å²) in [7, 11) is 0. The lowest BCUT2D eigenvalue weighted by Crippen LogP contribution is -2.36. The number of carbonyl (C=O) groups is 1. The van der Waals surface area contributed by atoms with Gasteiger partial charge in [0.25, 0.3) is 0 Å². The molecule has 5 nitrogen and oxygen atoms in total. The molecule has 23 heavy (non-hydrogen) atoms. The van der Waals surface area contributed by atoms with Crippen LogP contribution in [0.1, 0.15) is 58.9 Å². The number of carbonyl (C=O) groups excluding carboxylic acids is 1. The van der Waals surface area contributed by atoms with E-state index in [1.807, 2.05) is 0 Å². The molecule has 1 heterocycles. The summed E-state index contributed by atoms with van der Waals surface area (Å²) in [6, 6.07) is 0.535. The fourth-order valence-electron chi connectivity index (χ4n) is 3.52. The van der Waals surface area contributed by atoms with E-state index in [0.717, 1.165) is 11.6 Å². The summed E-state index contributed by atoms with van der Waals surface area (Å²) in [5.74, 6) is 1.90. The highest BCUT2D eigenvalue weighted by Crippen LogP contribution is 2.38. The first-order chi connectivity index (χ1) is 11.0. The van der Waals surface area contributed by atoms with Gasteiger partial charge in [-0.05, 0) is 43.4 Å². The standard InChI is InChI=1S/C17H27N3O2S/c1-11(2)14-7-4-12(3)8-15(14)22-16(21)9-23-17-19-18-10-20(17)13-5-6-13/h10-15H,4-9H2,1-3H3. The zero-order valence-electron chi connectivity index (χ0n) is 14.3. The Balaban J connectivity index is 1.52. The number of ether oxygens (including phenoxy) is 1. The SMILES string of the molecule is CC1CCC(C(C)C)C(OC(=O)CSc2nncn2C2CC2)C1. The lowest BCUT2D eigenvalue weighted by molar-refractivity contribution is -0.152. The summed E-state index contributed by atoms with van der Waals surface area (Å²) in [6.07, 6.45) is 7.63. The van der Waals surface area contributed by atoms with Gasteiger partial charge in [-0.1, -0.05) is 39.0 Å². The van der Waals surface area contributed by atoms with Crippen molar-refractivity contribution < 1.29 is 9.53 Å². The van der Waals surface area contributed by atoms with Gasteiger partial charge in [0.1, 0.15) is 12.4 Å². The van der Waals surface area contributed by atoms with Crippen molar-refractivity contribution >= 4 is 17.7 Å². The Morgan fingerprint density at radius 1 is 1.39 bits per heavy atom. The number of thioether (sulfide) groups is 1. The van der Waals surface area contributed by atoms with E-state index in [0.29, 0.717) is 29.5 Å². The second kappa shape index (κ2) is 7.24. The average Bonchev–Trinajstić information content (AvgIpc) is 3.23. The molecular formula is C17H27N3O2S. The second-order valence-corrected chi connectivity index (χ2v) is 8.34. The third-order valence-electron chi connectivity index (χ3n) is 5.04. The van der Waals surface area contributed by atoms with Gasteiger partial charge in [0, 0.05) is 6.04 Å². The van der Waals surface area contributed by atoms with Crippen LogP contribution in [0, 0.1) is 17.8 Å². The van der Waals surface area contributed by atoms with Crippen molar-refractivity contribution in [3.05, 3.63) is 6.33 Å². The molecule has 2 saturated carbocycles. The van der Waals surface area contributed by atoms with E-state index in [2.05, 4.69) is 35.5 Å². The van der Waals surface area contributed by atoms with Crippen molar-refractivity contribution in [1.29, 1.82) is 0 Å². The molecule has 2 fully saturated rings. The van der Waals surface area contributed by atoms with Crippen LogP contribution in [0.15, 0.2) is 11.5 Å². The molecule has 3 atom stereocenters. The molecule has 0 radical (unpaired) electrons. The lowest BCUT2D eigenvalue weighted by Gasteiger charge is -2.36. The van der Waals surface area contributed by atoms with Gasteiger partial charge in [0.05, 0.1) is 5.75 Å². The highest BCUT2D eigenvalue weighted by molar-refractivity contribution is 7.99. The van der Waals surface area contributed by atoms with Gasteiger partial charge in [0.2, 0.25) is 0 Å². The highest BCUT2D eigenvalue weighted by atomic mass is 32.2. The zero-order chi connectivity index (χ0) is 16.4. The van der Waals surface area contributed by atoms with Crippen molar-refractivity contribution in [2.45, 2.75) is 70.2 Å². The highest BCUT2D eigenvalue weighted by Gasteiger charge is 2.33. The van der Waals surface area contributed by atoms with E-state index in [9.17, 15) is 4.79 Å².